The summed E-state index contributed by atoms with van der Waals surface area (Å²) in [4.78, 5) is 0.104. The summed E-state index contributed by atoms with van der Waals surface area (Å²) in [5.74, 6) is -0.201. The Hall–Kier alpha value is -0.650. The van der Waals surface area contributed by atoms with Crippen LogP contribution in [0.15, 0.2) is 23.1 Å². The third-order valence-electron chi connectivity index (χ3n) is 3.77. The number of sulfonamides is 1. The topological polar surface area (TPSA) is 37.4 Å². The summed E-state index contributed by atoms with van der Waals surface area (Å²) in [5.41, 5.74) is 0.205. The Bertz CT molecular complexity index is 559. The molecular formula is C15H23ClFNO2S. The highest BCUT2D eigenvalue weighted by atomic mass is 35.5. The van der Waals surface area contributed by atoms with E-state index in [0.717, 1.165) is 18.9 Å². The first kappa shape index (κ1) is 18.4. The number of hydrogen-bond donors (Lipinski definition) is 0. The van der Waals surface area contributed by atoms with Crippen LogP contribution < -0.4 is 0 Å². The van der Waals surface area contributed by atoms with Crippen LogP contribution in [-0.4, -0.2) is 25.8 Å². The van der Waals surface area contributed by atoms with Crippen molar-refractivity contribution < 1.29 is 12.8 Å². The Morgan fingerprint density at radius 3 is 2.33 bits per heavy atom. The van der Waals surface area contributed by atoms with E-state index in [1.54, 1.807) is 0 Å². The Morgan fingerprint density at radius 1 is 1.24 bits per heavy atom. The van der Waals surface area contributed by atoms with Crippen LogP contribution >= 0.6 is 11.6 Å². The molecule has 1 aromatic rings. The Morgan fingerprint density at radius 2 is 1.86 bits per heavy atom. The highest BCUT2D eigenvalue weighted by molar-refractivity contribution is 7.89. The second kappa shape index (κ2) is 8.11. The van der Waals surface area contributed by atoms with Gasteiger partial charge in [0.25, 0.3) is 0 Å². The molecule has 0 heterocycles. The summed E-state index contributed by atoms with van der Waals surface area (Å²) < 4.78 is 40.3. The van der Waals surface area contributed by atoms with Crippen LogP contribution in [0.4, 0.5) is 4.39 Å². The highest BCUT2D eigenvalue weighted by Crippen LogP contribution is 2.22. The molecule has 1 aromatic carbocycles. The van der Waals surface area contributed by atoms with E-state index < -0.39 is 15.8 Å². The van der Waals surface area contributed by atoms with Crippen LogP contribution in [0.5, 0.6) is 0 Å². The van der Waals surface area contributed by atoms with Crippen molar-refractivity contribution in [2.75, 3.05) is 13.1 Å². The van der Waals surface area contributed by atoms with Crippen molar-refractivity contribution in [3.8, 4) is 0 Å². The molecule has 0 spiro atoms. The number of alkyl halides is 1. The van der Waals surface area contributed by atoms with E-state index in [4.69, 9.17) is 11.6 Å². The fraction of sp³-hybridized carbons (Fsp3) is 0.600. The molecule has 21 heavy (non-hydrogen) atoms. The number of halogens is 2. The smallest absolute Gasteiger partial charge is 0.207 e. The number of nitrogens with zero attached hydrogens (tertiary/aromatic N) is 1. The average Bonchev–Trinajstić information content (AvgIpc) is 2.48. The van der Waals surface area contributed by atoms with E-state index in [0.29, 0.717) is 19.0 Å². The molecule has 0 atom stereocenters. The molecule has 0 N–H and O–H groups in total. The summed E-state index contributed by atoms with van der Waals surface area (Å²) in [6.07, 6.45) is 1.86. The fourth-order valence-corrected chi connectivity index (χ4v) is 3.98. The standard InChI is InChI=1S/C15H23ClFNO2S/c1-4-12(5-2)11-18(6-3)21(19,20)14-7-8-15(17)13(9-14)10-16/h7-9,12H,4-6,10-11H2,1-3H3. The van der Waals surface area contributed by atoms with Gasteiger partial charge in [0.1, 0.15) is 5.82 Å². The van der Waals surface area contributed by atoms with Gasteiger partial charge < -0.3 is 0 Å². The third kappa shape index (κ3) is 4.41. The first-order valence-corrected chi connectivity index (χ1v) is 9.22. The van der Waals surface area contributed by atoms with Gasteiger partial charge in [-0.3, -0.25) is 0 Å². The van der Waals surface area contributed by atoms with Gasteiger partial charge in [0.2, 0.25) is 10.0 Å². The van der Waals surface area contributed by atoms with E-state index in [1.807, 2.05) is 6.92 Å². The third-order valence-corrected chi connectivity index (χ3v) is 5.99. The number of benzene rings is 1. The zero-order valence-electron chi connectivity index (χ0n) is 12.8. The van der Waals surface area contributed by atoms with Crippen molar-refractivity contribution in [1.29, 1.82) is 0 Å². The van der Waals surface area contributed by atoms with Crippen molar-refractivity contribution in [3.63, 3.8) is 0 Å². The van der Waals surface area contributed by atoms with Gasteiger partial charge in [0.15, 0.2) is 0 Å². The van der Waals surface area contributed by atoms with Gasteiger partial charge in [0, 0.05) is 18.7 Å². The lowest BCUT2D eigenvalue weighted by Crippen LogP contribution is -2.35. The van der Waals surface area contributed by atoms with Crippen LogP contribution in [0, 0.1) is 11.7 Å². The molecule has 0 fully saturated rings. The van der Waals surface area contributed by atoms with Gasteiger partial charge in [-0.25, -0.2) is 12.8 Å². The van der Waals surface area contributed by atoms with Crippen molar-refractivity contribution in [2.45, 2.75) is 44.4 Å². The SMILES string of the molecule is CCC(CC)CN(CC)S(=O)(=O)c1ccc(F)c(CCl)c1. The monoisotopic (exact) mass is 335 g/mol. The molecule has 0 unspecified atom stereocenters. The molecule has 0 radical (unpaired) electrons. The van der Waals surface area contributed by atoms with E-state index in [-0.39, 0.29) is 16.3 Å². The molecule has 0 aliphatic heterocycles. The van der Waals surface area contributed by atoms with E-state index in [2.05, 4.69) is 13.8 Å². The second-order valence-corrected chi connectivity index (χ2v) is 7.23. The van der Waals surface area contributed by atoms with E-state index in [9.17, 15) is 12.8 Å². The number of rotatable bonds is 8. The molecule has 1 rings (SSSR count). The maximum absolute atomic E-state index is 13.5. The molecule has 0 bridgehead atoms. The quantitative estimate of drug-likeness (QED) is 0.673. The molecular weight excluding hydrogens is 313 g/mol. The molecule has 0 saturated heterocycles. The average molecular weight is 336 g/mol. The summed E-state index contributed by atoms with van der Waals surface area (Å²) in [6.45, 7) is 6.80. The minimum Gasteiger partial charge on any atom is -0.207 e. The van der Waals surface area contributed by atoms with Gasteiger partial charge >= 0.3 is 0 Å². The second-order valence-electron chi connectivity index (χ2n) is 5.03. The predicted molar refractivity (Wildman–Crippen MR) is 84.5 cm³/mol. The molecule has 0 aliphatic carbocycles. The molecule has 0 aliphatic rings. The normalized spacial score (nSPS) is 12.3. The summed E-state index contributed by atoms with van der Waals surface area (Å²) >= 11 is 5.65. The minimum atomic E-state index is -3.61. The van der Waals surface area contributed by atoms with Crippen LogP contribution in [0.2, 0.25) is 0 Å². The lowest BCUT2D eigenvalue weighted by atomic mass is 10.0. The summed E-state index contributed by atoms with van der Waals surface area (Å²) in [5, 5.41) is 0. The van der Waals surface area contributed by atoms with E-state index in [1.165, 1.54) is 16.4 Å². The predicted octanol–water partition coefficient (Wildman–Crippen LogP) is 4.01. The Balaban J connectivity index is 3.12. The maximum Gasteiger partial charge on any atom is 0.243 e. The van der Waals surface area contributed by atoms with Crippen molar-refractivity contribution >= 4 is 21.6 Å². The molecule has 3 nitrogen and oxygen atoms in total. The molecule has 6 heteroatoms. The molecule has 0 aromatic heterocycles. The van der Waals surface area contributed by atoms with Crippen molar-refractivity contribution in [3.05, 3.63) is 29.6 Å². The molecule has 0 saturated carbocycles. The van der Waals surface area contributed by atoms with Crippen LogP contribution in [0.3, 0.4) is 0 Å². The Kier molecular flexibility index (Phi) is 7.10. The fourth-order valence-electron chi connectivity index (χ4n) is 2.20. The first-order chi connectivity index (χ1) is 9.90. The first-order valence-electron chi connectivity index (χ1n) is 7.25. The zero-order valence-corrected chi connectivity index (χ0v) is 14.3. The van der Waals surface area contributed by atoms with Crippen LogP contribution in [-0.2, 0) is 15.9 Å². The maximum atomic E-state index is 13.5. The summed E-state index contributed by atoms with van der Waals surface area (Å²) in [7, 11) is -3.61. The lowest BCUT2D eigenvalue weighted by molar-refractivity contribution is 0.339. The lowest BCUT2D eigenvalue weighted by Gasteiger charge is -2.25. The highest BCUT2D eigenvalue weighted by Gasteiger charge is 2.25. The summed E-state index contributed by atoms with van der Waals surface area (Å²) in [6, 6.07) is 3.79. The van der Waals surface area contributed by atoms with Gasteiger partial charge in [0.05, 0.1) is 10.8 Å². The number of hydrogen-bond acceptors (Lipinski definition) is 2. The zero-order chi connectivity index (χ0) is 16.0. The van der Waals surface area contributed by atoms with Gasteiger partial charge in [-0.15, -0.1) is 11.6 Å². The molecule has 0 amide bonds. The van der Waals surface area contributed by atoms with Gasteiger partial charge in [-0.05, 0) is 24.1 Å². The minimum absolute atomic E-state index is 0.0478. The molecule has 120 valence electrons. The van der Waals surface area contributed by atoms with Gasteiger partial charge in [-0.2, -0.15) is 4.31 Å². The largest absolute Gasteiger partial charge is 0.243 e. The van der Waals surface area contributed by atoms with Crippen molar-refractivity contribution in [2.24, 2.45) is 5.92 Å². The van der Waals surface area contributed by atoms with Crippen molar-refractivity contribution in [1.82, 2.24) is 4.31 Å². The van der Waals surface area contributed by atoms with Gasteiger partial charge in [-0.1, -0.05) is 33.6 Å². The Labute approximate surface area is 132 Å². The van der Waals surface area contributed by atoms with Crippen LogP contribution in [0.25, 0.3) is 0 Å². The van der Waals surface area contributed by atoms with E-state index >= 15 is 0 Å². The van der Waals surface area contributed by atoms with Crippen LogP contribution in [0.1, 0.15) is 39.2 Å².